The Morgan fingerprint density at radius 3 is 2.76 bits per heavy atom. The molecule has 0 aromatic heterocycles. The number of amides is 1. The Morgan fingerprint density at radius 1 is 1.24 bits per heavy atom. The lowest BCUT2D eigenvalue weighted by molar-refractivity contribution is 0.152. The van der Waals surface area contributed by atoms with Gasteiger partial charge in [0.1, 0.15) is 5.75 Å². The van der Waals surface area contributed by atoms with E-state index in [1.54, 1.807) is 18.7 Å². The second-order valence-corrected chi connectivity index (χ2v) is 6.38. The Kier molecular flexibility index (Phi) is 8.15. The molecule has 2 aromatic rings. The first-order chi connectivity index (χ1) is 12.2. The van der Waals surface area contributed by atoms with Crippen LogP contribution < -0.4 is 10.2 Å². The van der Waals surface area contributed by atoms with Crippen molar-refractivity contribution >= 4 is 35.7 Å². The number of hydrazone groups is 1. The molecule has 0 aliphatic carbocycles. The highest BCUT2D eigenvalue weighted by atomic mass is 35.5. The molecule has 5 nitrogen and oxygen atoms in total. The van der Waals surface area contributed by atoms with E-state index < -0.39 is 6.09 Å². The van der Waals surface area contributed by atoms with Crippen LogP contribution in [0, 0.1) is 0 Å². The zero-order chi connectivity index (χ0) is 17.9. The minimum Gasteiger partial charge on any atom is -0.492 e. The van der Waals surface area contributed by atoms with Crippen molar-refractivity contribution in [2.45, 2.75) is 11.8 Å². The molecule has 0 radical (unpaired) electrons. The van der Waals surface area contributed by atoms with E-state index in [0.29, 0.717) is 19.0 Å². The third kappa shape index (κ3) is 7.07. The largest absolute Gasteiger partial charge is 0.492 e. The molecule has 0 bridgehead atoms. The Hall–Kier alpha value is -2.18. The van der Waals surface area contributed by atoms with Gasteiger partial charge in [-0.05, 0) is 43.3 Å². The molecular weight excluding hydrogens is 360 g/mol. The summed E-state index contributed by atoms with van der Waals surface area (Å²) in [5.41, 5.74) is 3.06. The van der Waals surface area contributed by atoms with Crippen LogP contribution in [-0.4, -0.2) is 31.3 Å². The van der Waals surface area contributed by atoms with Crippen LogP contribution in [0.1, 0.15) is 12.5 Å². The lowest BCUT2D eigenvalue weighted by Crippen LogP contribution is -2.18. The number of hydrogen-bond acceptors (Lipinski definition) is 5. The van der Waals surface area contributed by atoms with Gasteiger partial charge in [0.25, 0.3) is 0 Å². The Labute approximate surface area is 156 Å². The number of rotatable bonds is 8. The summed E-state index contributed by atoms with van der Waals surface area (Å²) in [5, 5.41) is 4.58. The molecule has 132 valence electrons. The SMILES string of the molecule is CCOC(=O)NN=Cc1ccccc1OCCSc1ccc(Cl)cc1. The van der Waals surface area contributed by atoms with E-state index in [-0.39, 0.29) is 0 Å². The second kappa shape index (κ2) is 10.6. The summed E-state index contributed by atoms with van der Waals surface area (Å²) in [5.74, 6) is 1.50. The molecule has 0 saturated heterocycles. The fourth-order valence-electron chi connectivity index (χ4n) is 1.88. The molecule has 0 heterocycles. The van der Waals surface area contributed by atoms with E-state index in [1.165, 1.54) is 6.21 Å². The molecule has 0 unspecified atom stereocenters. The third-order valence-corrected chi connectivity index (χ3v) is 4.21. The summed E-state index contributed by atoms with van der Waals surface area (Å²) in [4.78, 5) is 12.3. The monoisotopic (exact) mass is 378 g/mol. The van der Waals surface area contributed by atoms with Gasteiger partial charge in [-0.25, -0.2) is 10.2 Å². The molecule has 1 N–H and O–H groups in total. The van der Waals surface area contributed by atoms with Gasteiger partial charge in [-0.2, -0.15) is 5.10 Å². The number of ether oxygens (including phenoxy) is 2. The molecule has 2 aromatic carbocycles. The molecule has 0 spiro atoms. The zero-order valence-corrected chi connectivity index (χ0v) is 15.3. The smallest absolute Gasteiger partial charge is 0.427 e. The van der Waals surface area contributed by atoms with Crippen molar-refractivity contribution in [3.8, 4) is 5.75 Å². The van der Waals surface area contributed by atoms with Crippen LogP contribution in [0.5, 0.6) is 5.75 Å². The first kappa shape index (κ1) is 19.1. The van der Waals surface area contributed by atoms with Gasteiger partial charge in [0.05, 0.1) is 19.4 Å². The first-order valence-corrected chi connectivity index (χ1v) is 9.11. The molecule has 0 fully saturated rings. The number of benzene rings is 2. The normalized spacial score (nSPS) is 10.6. The predicted molar refractivity (Wildman–Crippen MR) is 102 cm³/mol. The summed E-state index contributed by atoms with van der Waals surface area (Å²) in [7, 11) is 0. The van der Waals surface area contributed by atoms with Crippen LogP contribution in [0.3, 0.4) is 0 Å². The molecular formula is C18H19ClN2O3S. The van der Waals surface area contributed by atoms with Gasteiger partial charge in [0.2, 0.25) is 0 Å². The molecule has 0 atom stereocenters. The summed E-state index contributed by atoms with van der Waals surface area (Å²) < 4.78 is 10.5. The highest BCUT2D eigenvalue weighted by Crippen LogP contribution is 2.21. The average molecular weight is 379 g/mol. The van der Waals surface area contributed by atoms with Crippen LogP contribution in [0.25, 0.3) is 0 Å². The van der Waals surface area contributed by atoms with Crippen molar-refractivity contribution in [2.24, 2.45) is 5.10 Å². The number of nitrogens with zero attached hydrogens (tertiary/aromatic N) is 1. The third-order valence-electron chi connectivity index (χ3n) is 2.98. The van der Waals surface area contributed by atoms with Crippen LogP contribution >= 0.6 is 23.4 Å². The fourth-order valence-corrected chi connectivity index (χ4v) is 2.74. The van der Waals surface area contributed by atoms with Crippen molar-refractivity contribution in [3.63, 3.8) is 0 Å². The molecule has 25 heavy (non-hydrogen) atoms. The van der Waals surface area contributed by atoms with Gasteiger partial charge < -0.3 is 9.47 Å². The first-order valence-electron chi connectivity index (χ1n) is 7.75. The summed E-state index contributed by atoms with van der Waals surface area (Å²) in [6.07, 6.45) is 0.940. The maximum atomic E-state index is 11.2. The molecule has 2 rings (SSSR count). The topological polar surface area (TPSA) is 59.9 Å². The zero-order valence-electron chi connectivity index (χ0n) is 13.8. The van der Waals surface area contributed by atoms with Crippen molar-refractivity contribution < 1.29 is 14.3 Å². The Morgan fingerprint density at radius 2 is 2.00 bits per heavy atom. The molecule has 0 aliphatic rings. The number of thioether (sulfide) groups is 1. The molecule has 7 heteroatoms. The van der Waals surface area contributed by atoms with Crippen LogP contribution in [0.4, 0.5) is 4.79 Å². The minimum absolute atomic E-state index is 0.298. The van der Waals surface area contributed by atoms with E-state index in [0.717, 1.165) is 21.2 Å². The van der Waals surface area contributed by atoms with Crippen LogP contribution in [0.2, 0.25) is 5.02 Å². The van der Waals surface area contributed by atoms with Gasteiger partial charge in [-0.1, -0.05) is 23.7 Å². The maximum absolute atomic E-state index is 11.2. The number of halogens is 1. The van der Waals surface area contributed by atoms with Gasteiger partial charge in [-0.15, -0.1) is 11.8 Å². The van der Waals surface area contributed by atoms with Gasteiger partial charge in [-0.3, -0.25) is 0 Å². The summed E-state index contributed by atoms with van der Waals surface area (Å²) in [6.45, 7) is 2.57. The second-order valence-electron chi connectivity index (χ2n) is 4.78. The predicted octanol–water partition coefficient (Wildman–Crippen LogP) is 4.59. The van der Waals surface area contributed by atoms with E-state index in [4.69, 9.17) is 21.1 Å². The van der Waals surface area contributed by atoms with Crippen molar-refractivity contribution in [3.05, 3.63) is 59.1 Å². The Bertz CT molecular complexity index is 708. The summed E-state index contributed by atoms with van der Waals surface area (Å²) >= 11 is 7.56. The van der Waals surface area contributed by atoms with Gasteiger partial charge in [0.15, 0.2) is 0 Å². The Balaban J connectivity index is 1.82. The lowest BCUT2D eigenvalue weighted by atomic mass is 10.2. The minimum atomic E-state index is -0.587. The van der Waals surface area contributed by atoms with Crippen LogP contribution in [0.15, 0.2) is 58.5 Å². The van der Waals surface area contributed by atoms with Crippen LogP contribution in [-0.2, 0) is 4.74 Å². The number of nitrogens with one attached hydrogen (secondary N) is 1. The fraction of sp³-hybridized carbons (Fsp3) is 0.222. The number of hydrogen-bond donors (Lipinski definition) is 1. The molecule has 1 amide bonds. The summed E-state index contributed by atoms with van der Waals surface area (Å²) in [6, 6.07) is 15.2. The quantitative estimate of drug-likeness (QED) is 0.316. The highest BCUT2D eigenvalue weighted by molar-refractivity contribution is 7.99. The average Bonchev–Trinajstić information content (AvgIpc) is 2.61. The highest BCUT2D eigenvalue weighted by Gasteiger charge is 2.02. The van der Waals surface area contributed by atoms with Crippen molar-refractivity contribution in [1.29, 1.82) is 0 Å². The number of para-hydroxylation sites is 1. The number of carbonyl (C=O) groups excluding carboxylic acids is 1. The van der Waals surface area contributed by atoms with E-state index >= 15 is 0 Å². The van der Waals surface area contributed by atoms with Gasteiger partial charge >= 0.3 is 6.09 Å². The molecule has 0 saturated carbocycles. The van der Waals surface area contributed by atoms with E-state index in [9.17, 15) is 4.79 Å². The maximum Gasteiger partial charge on any atom is 0.427 e. The number of carbonyl (C=O) groups is 1. The lowest BCUT2D eigenvalue weighted by Gasteiger charge is -2.09. The standard InChI is InChI=1S/C18H19ClN2O3S/c1-2-23-18(22)21-20-13-14-5-3-4-6-17(14)24-11-12-25-16-9-7-15(19)8-10-16/h3-10,13H,2,11-12H2,1H3,(H,21,22). The molecule has 0 aliphatic heterocycles. The van der Waals surface area contributed by atoms with Crippen molar-refractivity contribution in [1.82, 2.24) is 5.43 Å². The van der Waals surface area contributed by atoms with E-state index in [2.05, 4.69) is 10.5 Å². The van der Waals surface area contributed by atoms with Crippen molar-refractivity contribution in [2.75, 3.05) is 19.0 Å². The van der Waals surface area contributed by atoms with E-state index in [1.807, 2.05) is 48.5 Å². The van der Waals surface area contributed by atoms with Gasteiger partial charge in [0, 0.05) is 21.2 Å².